The van der Waals surface area contributed by atoms with Crippen LogP contribution in [0.3, 0.4) is 0 Å². The lowest BCUT2D eigenvalue weighted by Crippen LogP contribution is -2.00. The normalized spacial score (nSPS) is 20.3. The van der Waals surface area contributed by atoms with Crippen molar-refractivity contribution in [2.24, 2.45) is 0 Å². The third kappa shape index (κ3) is 1.35. The summed E-state index contributed by atoms with van der Waals surface area (Å²) in [5, 5.41) is 9.15. The van der Waals surface area contributed by atoms with Crippen molar-refractivity contribution in [1.29, 1.82) is 0 Å². The standard InChI is InChI=1S/C11H15NO/c1-2-8-3-4-9-5-6-12-10(7-13)11(8)9/h5-6,8,13H,2-4,7H2,1H3. The predicted octanol–water partition coefficient (Wildman–Crippen LogP) is 2.01. The number of aliphatic hydroxyl groups excluding tert-OH is 1. The maximum atomic E-state index is 9.15. The van der Waals surface area contributed by atoms with Crippen molar-refractivity contribution in [3.05, 3.63) is 29.1 Å². The maximum absolute atomic E-state index is 9.15. The first-order valence-electron chi connectivity index (χ1n) is 4.94. The Balaban J connectivity index is 2.46. The van der Waals surface area contributed by atoms with E-state index in [4.69, 9.17) is 5.11 Å². The van der Waals surface area contributed by atoms with Crippen LogP contribution in [0.1, 0.15) is 42.5 Å². The fourth-order valence-electron chi connectivity index (χ4n) is 2.29. The minimum absolute atomic E-state index is 0.0830. The molecule has 1 aromatic rings. The summed E-state index contributed by atoms with van der Waals surface area (Å²) in [6, 6.07) is 2.09. The van der Waals surface area contributed by atoms with Gasteiger partial charge in [-0.15, -0.1) is 0 Å². The number of nitrogens with zero attached hydrogens (tertiary/aromatic N) is 1. The molecule has 0 saturated carbocycles. The third-order valence-electron chi connectivity index (χ3n) is 2.98. The number of aryl methyl sites for hydroxylation is 1. The molecule has 1 aliphatic rings. The molecule has 0 bridgehead atoms. The van der Waals surface area contributed by atoms with Gasteiger partial charge >= 0.3 is 0 Å². The molecule has 1 aromatic heterocycles. The van der Waals surface area contributed by atoms with Crippen LogP contribution >= 0.6 is 0 Å². The van der Waals surface area contributed by atoms with Crippen LogP contribution in [0.5, 0.6) is 0 Å². The molecule has 0 spiro atoms. The number of aliphatic hydroxyl groups is 1. The van der Waals surface area contributed by atoms with Gasteiger partial charge in [0.1, 0.15) is 0 Å². The van der Waals surface area contributed by atoms with Crippen molar-refractivity contribution in [2.45, 2.75) is 38.7 Å². The topological polar surface area (TPSA) is 33.1 Å². The summed E-state index contributed by atoms with van der Waals surface area (Å²) in [7, 11) is 0. The summed E-state index contributed by atoms with van der Waals surface area (Å²) in [5.41, 5.74) is 3.61. The SMILES string of the molecule is CCC1CCc2ccnc(CO)c21. The molecular formula is C11H15NO. The number of hydrogen-bond donors (Lipinski definition) is 1. The zero-order valence-corrected chi connectivity index (χ0v) is 7.95. The second kappa shape index (κ2) is 3.46. The lowest BCUT2D eigenvalue weighted by Gasteiger charge is -2.11. The van der Waals surface area contributed by atoms with Gasteiger partial charge in [0.2, 0.25) is 0 Å². The van der Waals surface area contributed by atoms with E-state index < -0.39 is 0 Å². The molecule has 0 fully saturated rings. The van der Waals surface area contributed by atoms with Crippen LogP contribution in [0.25, 0.3) is 0 Å². The molecule has 1 aliphatic carbocycles. The van der Waals surface area contributed by atoms with E-state index >= 15 is 0 Å². The van der Waals surface area contributed by atoms with Gasteiger partial charge in [0.05, 0.1) is 12.3 Å². The molecule has 1 heterocycles. The van der Waals surface area contributed by atoms with E-state index in [2.05, 4.69) is 18.0 Å². The number of hydrogen-bond acceptors (Lipinski definition) is 2. The molecule has 0 amide bonds. The highest BCUT2D eigenvalue weighted by atomic mass is 16.3. The number of aromatic nitrogens is 1. The van der Waals surface area contributed by atoms with Crippen LogP contribution in [0.4, 0.5) is 0 Å². The lowest BCUT2D eigenvalue weighted by molar-refractivity contribution is 0.275. The van der Waals surface area contributed by atoms with Gasteiger partial charge in [-0.1, -0.05) is 6.92 Å². The summed E-state index contributed by atoms with van der Waals surface area (Å²) in [6.07, 6.45) is 5.35. The van der Waals surface area contributed by atoms with E-state index in [9.17, 15) is 0 Å². The average Bonchev–Trinajstić information content (AvgIpc) is 2.60. The lowest BCUT2D eigenvalue weighted by atomic mass is 9.97. The van der Waals surface area contributed by atoms with E-state index in [0.29, 0.717) is 5.92 Å². The largest absolute Gasteiger partial charge is 0.390 e. The Bertz CT molecular complexity index is 309. The highest BCUT2D eigenvalue weighted by molar-refractivity contribution is 5.37. The fourth-order valence-corrected chi connectivity index (χ4v) is 2.29. The Morgan fingerprint density at radius 2 is 2.46 bits per heavy atom. The van der Waals surface area contributed by atoms with Crippen LogP contribution in [0.2, 0.25) is 0 Å². The Labute approximate surface area is 78.6 Å². The van der Waals surface area contributed by atoms with Crippen LogP contribution in [-0.2, 0) is 13.0 Å². The van der Waals surface area contributed by atoms with Crippen molar-refractivity contribution in [1.82, 2.24) is 4.98 Å². The van der Waals surface area contributed by atoms with Gasteiger partial charge in [-0.2, -0.15) is 0 Å². The smallest absolute Gasteiger partial charge is 0.0855 e. The van der Waals surface area contributed by atoms with Crippen molar-refractivity contribution in [3.8, 4) is 0 Å². The molecule has 2 heteroatoms. The first-order chi connectivity index (χ1) is 6.36. The minimum Gasteiger partial charge on any atom is -0.390 e. The first kappa shape index (κ1) is 8.70. The quantitative estimate of drug-likeness (QED) is 0.749. The summed E-state index contributed by atoms with van der Waals surface area (Å²) >= 11 is 0. The van der Waals surface area contributed by atoms with E-state index in [-0.39, 0.29) is 6.61 Å². The van der Waals surface area contributed by atoms with E-state index in [1.165, 1.54) is 17.5 Å². The highest BCUT2D eigenvalue weighted by Crippen LogP contribution is 2.36. The Kier molecular flexibility index (Phi) is 2.32. The van der Waals surface area contributed by atoms with E-state index in [1.54, 1.807) is 0 Å². The molecule has 13 heavy (non-hydrogen) atoms. The zero-order chi connectivity index (χ0) is 9.26. The Morgan fingerprint density at radius 3 is 3.15 bits per heavy atom. The minimum atomic E-state index is 0.0830. The molecule has 1 unspecified atom stereocenters. The second-order valence-electron chi connectivity index (χ2n) is 3.63. The maximum Gasteiger partial charge on any atom is 0.0855 e. The third-order valence-corrected chi connectivity index (χ3v) is 2.98. The van der Waals surface area contributed by atoms with Crippen LogP contribution in [0.15, 0.2) is 12.3 Å². The molecule has 1 N–H and O–H groups in total. The molecule has 0 aromatic carbocycles. The van der Waals surface area contributed by atoms with Gasteiger partial charge in [0.15, 0.2) is 0 Å². The summed E-state index contributed by atoms with van der Waals surface area (Å²) < 4.78 is 0. The molecule has 1 atom stereocenters. The van der Waals surface area contributed by atoms with Crippen molar-refractivity contribution in [2.75, 3.05) is 0 Å². The van der Waals surface area contributed by atoms with E-state index in [1.807, 2.05) is 6.20 Å². The van der Waals surface area contributed by atoms with Crippen LogP contribution < -0.4 is 0 Å². The van der Waals surface area contributed by atoms with Crippen molar-refractivity contribution in [3.63, 3.8) is 0 Å². The molecule has 0 saturated heterocycles. The first-order valence-corrected chi connectivity index (χ1v) is 4.94. The van der Waals surface area contributed by atoms with Crippen LogP contribution in [0, 0.1) is 0 Å². The summed E-state index contributed by atoms with van der Waals surface area (Å²) in [4.78, 5) is 4.22. The predicted molar refractivity (Wildman–Crippen MR) is 51.5 cm³/mol. The monoisotopic (exact) mass is 177 g/mol. The second-order valence-corrected chi connectivity index (χ2v) is 3.63. The molecule has 2 nitrogen and oxygen atoms in total. The molecule has 70 valence electrons. The Hall–Kier alpha value is -0.890. The summed E-state index contributed by atoms with van der Waals surface area (Å²) in [6.45, 7) is 2.29. The highest BCUT2D eigenvalue weighted by Gasteiger charge is 2.23. The van der Waals surface area contributed by atoms with Crippen molar-refractivity contribution >= 4 is 0 Å². The van der Waals surface area contributed by atoms with Gasteiger partial charge in [0, 0.05) is 6.20 Å². The molecule has 0 aliphatic heterocycles. The molecule has 0 radical (unpaired) electrons. The number of rotatable bonds is 2. The Morgan fingerprint density at radius 1 is 1.62 bits per heavy atom. The fraction of sp³-hybridized carbons (Fsp3) is 0.545. The van der Waals surface area contributed by atoms with Gasteiger partial charge < -0.3 is 5.11 Å². The summed E-state index contributed by atoms with van der Waals surface area (Å²) in [5.74, 6) is 0.630. The van der Waals surface area contributed by atoms with Gasteiger partial charge in [-0.05, 0) is 42.4 Å². The molecule has 2 rings (SSSR count). The van der Waals surface area contributed by atoms with E-state index in [0.717, 1.165) is 18.5 Å². The van der Waals surface area contributed by atoms with Gasteiger partial charge in [-0.25, -0.2) is 0 Å². The average molecular weight is 177 g/mol. The number of fused-ring (bicyclic) bond motifs is 1. The van der Waals surface area contributed by atoms with Crippen LogP contribution in [-0.4, -0.2) is 10.1 Å². The molecular weight excluding hydrogens is 162 g/mol. The number of pyridine rings is 1. The zero-order valence-electron chi connectivity index (χ0n) is 7.95. The van der Waals surface area contributed by atoms with Crippen molar-refractivity contribution < 1.29 is 5.11 Å². The van der Waals surface area contributed by atoms with Gasteiger partial charge in [0.25, 0.3) is 0 Å². The van der Waals surface area contributed by atoms with Gasteiger partial charge in [-0.3, -0.25) is 4.98 Å².